The number of hydrogen-bond donors (Lipinski definition) is 2. The summed E-state index contributed by atoms with van der Waals surface area (Å²) in [5, 5.41) is 10.1. The van der Waals surface area contributed by atoms with Crippen molar-refractivity contribution in [2.24, 2.45) is 5.92 Å². The van der Waals surface area contributed by atoms with E-state index in [4.69, 9.17) is 14.2 Å². The fraction of sp³-hybridized carbons (Fsp3) is 0.594. The molecular formula is C32H49N3O7S. The van der Waals surface area contributed by atoms with E-state index >= 15 is 0 Å². The number of nitrogens with zero attached hydrogens (tertiary/aromatic N) is 2. The van der Waals surface area contributed by atoms with Crippen LogP contribution in [0.15, 0.2) is 47.4 Å². The molecule has 11 heteroatoms. The highest BCUT2D eigenvalue weighted by Crippen LogP contribution is 2.30. The molecule has 0 unspecified atom stereocenters. The zero-order chi connectivity index (χ0) is 31.6. The van der Waals surface area contributed by atoms with Crippen LogP contribution in [0.4, 0.5) is 5.69 Å². The van der Waals surface area contributed by atoms with Gasteiger partial charge >= 0.3 is 0 Å². The van der Waals surface area contributed by atoms with Crippen molar-refractivity contribution in [3.63, 3.8) is 0 Å². The maximum Gasteiger partial charge on any atom is 0.261 e. The van der Waals surface area contributed by atoms with E-state index in [2.05, 4.69) is 30.5 Å². The van der Waals surface area contributed by atoms with E-state index in [-0.39, 0.29) is 46.8 Å². The number of likely N-dealkylation sites (N-methyl/N-ethyl adjacent to an activating group) is 1. The SMILES string of the molecule is CCCN(C)C[C@H]1OCCCC[C@H](C)Oc2ccc(NS(=O)(=O)c3ccc(OC)cc3)cc2C(=O)N([C@@H](C)CO)C[C@H]1C. The number of fused-ring (bicyclic) bond motifs is 1. The summed E-state index contributed by atoms with van der Waals surface area (Å²) in [6.45, 7) is 10.4. The van der Waals surface area contributed by atoms with Gasteiger partial charge in [0, 0.05) is 31.3 Å². The van der Waals surface area contributed by atoms with Crippen molar-refractivity contribution in [2.45, 2.75) is 76.5 Å². The molecule has 2 N–H and O–H groups in total. The predicted octanol–water partition coefficient (Wildman–Crippen LogP) is 4.63. The van der Waals surface area contributed by atoms with E-state index in [1.165, 1.54) is 25.3 Å². The van der Waals surface area contributed by atoms with Gasteiger partial charge in [-0.05, 0) is 95.6 Å². The van der Waals surface area contributed by atoms with E-state index < -0.39 is 16.1 Å². The summed E-state index contributed by atoms with van der Waals surface area (Å²) in [5.41, 5.74) is 0.458. The molecule has 1 heterocycles. The van der Waals surface area contributed by atoms with E-state index in [0.29, 0.717) is 24.7 Å². The van der Waals surface area contributed by atoms with Crippen molar-refractivity contribution in [3.8, 4) is 11.5 Å². The molecular weight excluding hydrogens is 570 g/mol. The topological polar surface area (TPSA) is 118 Å². The molecule has 1 aliphatic rings. The molecule has 4 atom stereocenters. The number of carbonyl (C=O) groups is 1. The van der Waals surface area contributed by atoms with Crippen LogP contribution in [0, 0.1) is 5.92 Å². The van der Waals surface area contributed by atoms with Gasteiger partial charge in [-0.1, -0.05) is 13.8 Å². The lowest BCUT2D eigenvalue weighted by atomic mass is 10.0. The number of nitrogens with one attached hydrogen (secondary N) is 1. The zero-order valence-electron chi connectivity index (χ0n) is 26.4. The normalized spacial score (nSPS) is 21.4. The van der Waals surface area contributed by atoms with Gasteiger partial charge in [-0.3, -0.25) is 9.52 Å². The van der Waals surface area contributed by atoms with Crippen LogP contribution in [-0.4, -0.2) is 94.5 Å². The minimum atomic E-state index is -3.94. The Morgan fingerprint density at radius 2 is 1.88 bits per heavy atom. The third-order valence-electron chi connectivity index (χ3n) is 7.77. The van der Waals surface area contributed by atoms with Gasteiger partial charge in [-0.25, -0.2) is 8.42 Å². The Morgan fingerprint density at radius 1 is 1.16 bits per heavy atom. The van der Waals surface area contributed by atoms with Crippen molar-refractivity contribution in [2.75, 3.05) is 51.7 Å². The minimum Gasteiger partial charge on any atom is -0.497 e. The maximum atomic E-state index is 14.2. The minimum absolute atomic E-state index is 0.0275. The Balaban J connectivity index is 1.99. The standard InChI is InChI=1S/C32H49N3O7S/c1-7-17-34(5)21-31-23(2)20-35(24(3)22-36)32(37)29-19-26(11-16-30(29)42-25(4)10-8-9-18-41-31)33-43(38,39)28-14-12-27(40-6)13-15-28/h11-16,19,23-25,31,33,36H,7-10,17-18,20-22H2,1-6H3/t23-,24+,25+,31-/m1/s1. The van der Waals surface area contributed by atoms with Crippen LogP contribution in [0.1, 0.15) is 63.7 Å². The molecule has 2 aromatic rings. The van der Waals surface area contributed by atoms with Gasteiger partial charge in [0.1, 0.15) is 11.5 Å². The van der Waals surface area contributed by atoms with Gasteiger partial charge in [0.25, 0.3) is 15.9 Å². The molecule has 240 valence electrons. The van der Waals surface area contributed by atoms with Crippen molar-refractivity contribution in [3.05, 3.63) is 48.0 Å². The highest BCUT2D eigenvalue weighted by atomic mass is 32.2. The monoisotopic (exact) mass is 619 g/mol. The lowest BCUT2D eigenvalue weighted by molar-refractivity contribution is -0.0167. The molecule has 0 spiro atoms. The van der Waals surface area contributed by atoms with Crippen LogP contribution >= 0.6 is 0 Å². The van der Waals surface area contributed by atoms with Crippen LogP contribution in [0.3, 0.4) is 0 Å². The van der Waals surface area contributed by atoms with Crippen molar-refractivity contribution >= 4 is 21.6 Å². The summed E-state index contributed by atoms with van der Waals surface area (Å²) >= 11 is 0. The second kappa shape index (κ2) is 16.3. The third-order valence-corrected chi connectivity index (χ3v) is 9.17. The predicted molar refractivity (Wildman–Crippen MR) is 168 cm³/mol. The number of sulfonamides is 1. The van der Waals surface area contributed by atoms with Crippen LogP contribution in [0.25, 0.3) is 0 Å². The maximum absolute atomic E-state index is 14.2. The number of aliphatic hydroxyl groups is 1. The fourth-order valence-electron chi connectivity index (χ4n) is 5.20. The number of hydrogen-bond acceptors (Lipinski definition) is 8. The number of anilines is 1. The average molecular weight is 620 g/mol. The Bertz CT molecular complexity index is 1270. The molecule has 2 aromatic carbocycles. The molecule has 0 saturated carbocycles. The largest absolute Gasteiger partial charge is 0.497 e. The van der Waals surface area contributed by atoms with Crippen LogP contribution in [-0.2, 0) is 14.8 Å². The second-order valence-corrected chi connectivity index (χ2v) is 13.2. The van der Waals surface area contributed by atoms with Gasteiger partial charge in [-0.2, -0.15) is 0 Å². The van der Waals surface area contributed by atoms with E-state index in [1.807, 2.05) is 6.92 Å². The molecule has 0 aromatic heterocycles. The number of amides is 1. The third kappa shape index (κ3) is 9.82. The number of methoxy groups -OCH3 is 1. The molecule has 0 aliphatic carbocycles. The van der Waals surface area contributed by atoms with Gasteiger partial charge in [0.05, 0.1) is 42.4 Å². The van der Waals surface area contributed by atoms with Crippen molar-refractivity contribution < 1.29 is 32.5 Å². The Labute approximate surface area is 257 Å². The molecule has 43 heavy (non-hydrogen) atoms. The zero-order valence-corrected chi connectivity index (χ0v) is 27.2. The van der Waals surface area contributed by atoms with E-state index in [0.717, 1.165) is 38.8 Å². The molecule has 0 saturated heterocycles. The summed E-state index contributed by atoms with van der Waals surface area (Å²) < 4.78 is 46.7. The first-order valence-corrected chi connectivity index (χ1v) is 16.7. The van der Waals surface area contributed by atoms with Crippen LogP contribution in [0.5, 0.6) is 11.5 Å². The lowest BCUT2D eigenvalue weighted by Crippen LogP contribution is -2.47. The Morgan fingerprint density at radius 3 is 2.53 bits per heavy atom. The summed E-state index contributed by atoms with van der Waals surface area (Å²) in [7, 11) is -0.354. The van der Waals surface area contributed by atoms with Gasteiger partial charge in [-0.15, -0.1) is 0 Å². The van der Waals surface area contributed by atoms with Crippen molar-refractivity contribution in [1.82, 2.24) is 9.80 Å². The quantitative estimate of drug-likeness (QED) is 0.395. The molecule has 0 radical (unpaired) electrons. The first kappa shape index (κ1) is 34.6. The Hall–Kier alpha value is -2.86. The number of carbonyl (C=O) groups excluding carboxylic acids is 1. The molecule has 1 aliphatic heterocycles. The summed E-state index contributed by atoms with van der Waals surface area (Å²) in [6.07, 6.45) is 3.33. The summed E-state index contributed by atoms with van der Waals surface area (Å²) in [6, 6.07) is 10.3. The number of benzene rings is 2. The lowest BCUT2D eigenvalue weighted by Gasteiger charge is -2.35. The molecule has 10 nitrogen and oxygen atoms in total. The Kier molecular flexibility index (Phi) is 13.1. The smallest absolute Gasteiger partial charge is 0.261 e. The first-order chi connectivity index (χ1) is 20.5. The van der Waals surface area contributed by atoms with Crippen LogP contribution in [0.2, 0.25) is 0 Å². The highest BCUT2D eigenvalue weighted by molar-refractivity contribution is 7.92. The summed E-state index contributed by atoms with van der Waals surface area (Å²) in [5.74, 6) is 0.540. The second-order valence-electron chi connectivity index (χ2n) is 11.6. The van der Waals surface area contributed by atoms with E-state index in [9.17, 15) is 18.3 Å². The van der Waals surface area contributed by atoms with Gasteiger partial charge in [0.15, 0.2) is 0 Å². The van der Waals surface area contributed by atoms with E-state index in [1.54, 1.807) is 36.1 Å². The average Bonchev–Trinajstić information content (AvgIpc) is 2.98. The highest BCUT2D eigenvalue weighted by Gasteiger charge is 2.30. The fourth-order valence-corrected chi connectivity index (χ4v) is 6.25. The van der Waals surface area contributed by atoms with Crippen molar-refractivity contribution in [1.29, 1.82) is 0 Å². The van der Waals surface area contributed by atoms with Gasteiger partial charge in [0.2, 0.25) is 0 Å². The number of rotatable bonds is 10. The first-order valence-electron chi connectivity index (χ1n) is 15.2. The summed E-state index contributed by atoms with van der Waals surface area (Å²) in [4.78, 5) is 18.2. The number of aliphatic hydroxyl groups excluding tert-OH is 1. The molecule has 0 fully saturated rings. The molecule has 1 amide bonds. The molecule has 0 bridgehead atoms. The molecule has 3 rings (SSSR count). The van der Waals surface area contributed by atoms with Crippen LogP contribution < -0.4 is 14.2 Å². The number of ether oxygens (including phenoxy) is 3. The van der Waals surface area contributed by atoms with Gasteiger partial charge < -0.3 is 29.1 Å².